The molecule has 1 N–H and O–H groups in total. The Bertz CT molecular complexity index is 751. The number of rotatable bonds is 9. The van der Waals surface area contributed by atoms with Crippen LogP contribution in [0.25, 0.3) is 0 Å². The van der Waals surface area contributed by atoms with Crippen LogP contribution in [0, 0.1) is 0 Å². The van der Waals surface area contributed by atoms with E-state index in [2.05, 4.69) is 10.2 Å². The zero-order valence-corrected chi connectivity index (χ0v) is 17.6. The van der Waals surface area contributed by atoms with Gasteiger partial charge < -0.3 is 15.0 Å². The smallest absolute Gasteiger partial charge is 0.243 e. The minimum atomic E-state index is -3.68. The van der Waals surface area contributed by atoms with Crippen molar-refractivity contribution in [2.24, 2.45) is 0 Å². The molecule has 1 saturated heterocycles. The number of hydrogen-bond donors (Lipinski definition) is 1. The van der Waals surface area contributed by atoms with E-state index in [0.717, 1.165) is 36.6 Å². The number of likely N-dealkylation sites (tertiary alicyclic amines) is 1. The second-order valence-corrected chi connectivity index (χ2v) is 9.01. The van der Waals surface area contributed by atoms with Crippen LogP contribution in [0.1, 0.15) is 26.2 Å². The van der Waals surface area contributed by atoms with Crippen LogP contribution in [0.2, 0.25) is 5.02 Å². The zero-order chi connectivity index (χ0) is 20.0. The summed E-state index contributed by atoms with van der Waals surface area (Å²) >= 11 is 6.12. The van der Waals surface area contributed by atoms with Crippen molar-refractivity contribution in [1.29, 1.82) is 0 Å². The Labute approximate surface area is 166 Å². The number of benzene rings is 1. The Balaban J connectivity index is 2.02. The van der Waals surface area contributed by atoms with Crippen LogP contribution in [0.3, 0.4) is 0 Å². The van der Waals surface area contributed by atoms with Gasteiger partial charge in [0, 0.05) is 6.54 Å². The van der Waals surface area contributed by atoms with E-state index in [1.54, 1.807) is 19.1 Å². The number of anilines is 1. The van der Waals surface area contributed by atoms with Crippen molar-refractivity contribution in [1.82, 2.24) is 10.2 Å². The molecule has 0 spiro atoms. The van der Waals surface area contributed by atoms with Crippen LogP contribution in [-0.2, 0) is 14.8 Å². The second-order valence-electron chi connectivity index (χ2n) is 6.75. The summed E-state index contributed by atoms with van der Waals surface area (Å²) in [6.45, 7) is 5.25. The molecule has 9 heteroatoms. The van der Waals surface area contributed by atoms with E-state index < -0.39 is 16.1 Å². The first-order chi connectivity index (χ1) is 12.7. The predicted molar refractivity (Wildman–Crippen MR) is 108 cm³/mol. The van der Waals surface area contributed by atoms with Gasteiger partial charge in [-0.05, 0) is 64.0 Å². The summed E-state index contributed by atoms with van der Waals surface area (Å²) < 4.78 is 30.8. The van der Waals surface area contributed by atoms with Crippen molar-refractivity contribution in [3.63, 3.8) is 0 Å². The fourth-order valence-corrected chi connectivity index (χ4v) is 4.69. The summed E-state index contributed by atoms with van der Waals surface area (Å²) in [7, 11) is -2.20. The van der Waals surface area contributed by atoms with Crippen molar-refractivity contribution in [3.05, 3.63) is 23.2 Å². The van der Waals surface area contributed by atoms with Gasteiger partial charge in [0.05, 0.1) is 24.1 Å². The number of sulfonamides is 1. The van der Waals surface area contributed by atoms with E-state index in [1.165, 1.54) is 26.0 Å². The predicted octanol–water partition coefficient (Wildman–Crippen LogP) is 2.11. The van der Waals surface area contributed by atoms with Crippen LogP contribution in [-0.4, -0.2) is 64.8 Å². The molecule has 1 atom stereocenters. The van der Waals surface area contributed by atoms with E-state index >= 15 is 0 Å². The molecule has 0 radical (unpaired) electrons. The minimum Gasteiger partial charge on any atom is -0.495 e. The van der Waals surface area contributed by atoms with Gasteiger partial charge in [0.2, 0.25) is 15.9 Å². The van der Waals surface area contributed by atoms with Crippen LogP contribution in [0.4, 0.5) is 5.69 Å². The highest BCUT2D eigenvalue weighted by Crippen LogP contribution is 2.31. The van der Waals surface area contributed by atoms with Gasteiger partial charge in [-0.25, -0.2) is 8.42 Å². The highest BCUT2D eigenvalue weighted by Gasteiger charge is 2.29. The van der Waals surface area contributed by atoms with Crippen molar-refractivity contribution in [3.8, 4) is 5.75 Å². The summed E-state index contributed by atoms with van der Waals surface area (Å²) in [5.74, 6) is 0.0988. The molecule has 1 aliphatic rings. The molecule has 1 amide bonds. The number of hydrogen-bond acceptors (Lipinski definition) is 5. The Kier molecular flexibility index (Phi) is 7.76. The molecule has 7 nitrogen and oxygen atoms in total. The van der Waals surface area contributed by atoms with E-state index in [-0.39, 0.29) is 10.9 Å². The molecule has 0 bridgehead atoms. The summed E-state index contributed by atoms with van der Waals surface area (Å²) in [5.41, 5.74) is 0.322. The molecular formula is C18H28ClN3O4S. The second kappa shape index (κ2) is 9.61. The Morgan fingerprint density at radius 3 is 2.59 bits per heavy atom. The number of carbonyl (C=O) groups excluding carboxylic acids is 1. The van der Waals surface area contributed by atoms with Gasteiger partial charge in [-0.15, -0.1) is 0 Å². The summed E-state index contributed by atoms with van der Waals surface area (Å²) in [4.78, 5) is 14.9. The number of ether oxygens (including phenoxy) is 1. The van der Waals surface area contributed by atoms with Crippen LogP contribution >= 0.6 is 11.6 Å². The average Bonchev–Trinajstić information content (AvgIpc) is 3.11. The molecule has 152 valence electrons. The highest BCUT2D eigenvalue weighted by molar-refractivity contribution is 7.92. The monoisotopic (exact) mass is 417 g/mol. The summed E-state index contributed by atoms with van der Waals surface area (Å²) in [5, 5.41) is 3.12. The average molecular weight is 418 g/mol. The fraction of sp³-hybridized carbons (Fsp3) is 0.611. The Morgan fingerprint density at radius 1 is 1.37 bits per heavy atom. The van der Waals surface area contributed by atoms with E-state index in [4.69, 9.17) is 16.3 Å². The van der Waals surface area contributed by atoms with E-state index in [1.807, 2.05) is 0 Å². The first kappa shape index (κ1) is 21.8. The third-order valence-corrected chi connectivity index (χ3v) is 6.16. The maximum atomic E-state index is 12.5. The molecule has 2 rings (SSSR count). The quantitative estimate of drug-likeness (QED) is 0.622. The topological polar surface area (TPSA) is 79.0 Å². The van der Waals surface area contributed by atoms with Gasteiger partial charge >= 0.3 is 0 Å². The normalized spacial score (nSPS) is 16.1. The zero-order valence-electron chi connectivity index (χ0n) is 16.1. The van der Waals surface area contributed by atoms with Gasteiger partial charge in [0.1, 0.15) is 11.8 Å². The number of methoxy groups -OCH3 is 1. The first-order valence-electron chi connectivity index (χ1n) is 9.07. The van der Waals surface area contributed by atoms with E-state index in [9.17, 15) is 13.2 Å². The van der Waals surface area contributed by atoms with Crippen LogP contribution in [0.15, 0.2) is 18.2 Å². The summed E-state index contributed by atoms with van der Waals surface area (Å²) in [6, 6.07) is 3.74. The third kappa shape index (κ3) is 5.99. The molecule has 1 heterocycles. The minimum absolute atomic E-state index is 0.280. The number of nitrogens with one attached hydrogen (secondary N) is 1. The number of amides is 1. The number of halogens is 1. The largest absolute Gasteiger partial charge is 0.495 e. The van der Waals surface area contributed by atoms with Crippen LogP contribution < -0.4 is 14.4 Å². The summed E-state index contributed by atoms with van der Waals surface area (Å²) in [6.07, 6.45) is 4.38. The lowest BCUT2D eigenvalue weighted by Crippen LogP contribution is -2.48. The van der Waals surface area contributed by atoms with Gasteiger partial charge in [-0.3, -0.25) is 9.10 Å². The Morgan fingerprint density at radius 2 is 2.04 bits per heavy atom. The van der Waals surface area contributed by atoms with Crippen LogP contribution in [0.5, 0.6) is 5.75 Å². The molecule has 1 aromatic carbocycles. The lowest BCUT2D eigenvalue weighted by atomic mass is 10.2. The van der Waals surface area contributed by atoms with Gasteiger partial charge in [0.15, 0.2) is 0 Å². The lowest BCUT2D eigenvalue weighted by molar-refractivity contribution is -0.121. The van der Waals surface area contributed by atoms with Crippen molar-refractivity contribution in [2.45, 2.75) is 32.2 Å². The number of carbonyl (C=O) groups is 1. The van der Waals surface area contributed by atoms with Crippen molar-refractivity contribution >= 4 is 33.2 Å². The van der Waals surface area contributed by atoms with Crippen molar-refractivity contribution < 1.29 is 17.9 Å². The highest BCUT2D eigenvalue weighted by atomic mass is 35.5. The Hall–Kier alpha value is -1.51. The standard InChI is InChI=1S/C18H28ClN3O4S/c1-14(18(23)20-9-6-12-21-10-4-5-11-21)22(27(3,24)25)15-7-8-17(26-2)16(19)13-15/h7-8,13-14H,4-6,9-12H2,1-3H3,(H,20,23)/t14-/m0/s1. The maximum Gasteiger partial charge on any atom is 0.243 e. The number of nitrogens with zero attached hydrogens (tertiary/aromatic N) is 2. The molecule has 1 aliphatic heterocycles. The van der Waals surface area contributed by atoms with Gasteiger partial charge in [-0.1, -0.05) is 11.6 Å². The molecule has 1 aromatic rings. The third-order valence-electron chi connectivity index (χ3n) is 4.63. The van der Waals surface area contributed by atoms with Crippen molar-refractivity contribution in [2.75, 3.05) is 43.8 Å². The molecular weight excluding hydrogens is 390 g/mol. The van der Waals surface area contributed by atoms with Gasteiger partial charge in [0.25, 0.3) is 0 Å². The van der Waals surface area contributed by atoms with Gasteiger partial charge in [-0.2, -0.15) is 0 Å². The first-order valence-corrected chi connectivity index (χ1v) is 11.3. The molecule has 0 saturated carbocycles. The molecule has 0 unspecified atom stereocenters. The van der Waals surface area contributed by atoms with E-state index in [0.29, 0.717) is 18.0 Å². The lowest BCUT2D eigenvalue weighted by Gasteiger charge is -2.28. The maximum absolute atomic E-state index is 12.5. The molecule has 27 heavy (non-hydrogen) atoms. The molecule has 0 aliphatic carbocycles. The molecule has 1 fully saturated rings. The SMILES string of the molecule is COc1ccc(N([C@@H](C)C(=O)NCCCN2CCCC2)S(C)(=O)=O)cc1Cl. The fourth-order valence-electron chi connectivity index (χ4n) is 3.27. The molecule has 0 aromatic heterocycles.